The van der Waals surface area contributed by atoms with Crippen LogP contribution in [0.2, 0.25) is 10.0 Å². The third kappa shape index (κ3) is 9.14. The molecule has 0 saturated heterocycles. The number of aromatic carboxylic acids is 1. The Bertz CT molecular complexity index is 2770. The van der Waals surface area contributed by atoms with Crippen LogP contribution in [0, 0.1) is 0 Å². The van der Waals surface area contributed by atoms with Gasteiger partial charge in [0.15, 0.2) is 0 Å². The Balaban J connectivity index is 0.000000177. The van der Waals surface area contributed by atoms with Crippen molar-refractivity contribution in [2.75, 3.05) is 0 Å². The number of rotatable bonds is 12. The highest BCUT2D eigenvalue weighted by molar-refractivity contribution is 6.32. The first-order valence-corrected chi connectivity index (χ1v) is 18.9. The molecule has 0 aliphatic carbocycles. The highest BCUT2D eigenvalue weighted by atomic mass is 35.5. The minimum absolute atomic E-state index is 0.0170. The summed E-state index contributed by atoms with van der Waals surface area (Å²) >= 11 is 12.6. The van der Waals surface area contributed by atoms with E-state index in [4.69, 9.17) is 51.9 Å². The zero-order valence-corrected chi connectivity index (χ0v) is 33.1. The third-order valence-corrected chi connectivity index (χ3v) is 9.18. The summed E-state index contributed by atoms with van der Waals surface area (Å²) in [5.74, 6) is 0.901. The molecule has 0 radical (unpaired) electrons. The number of hydrogen-bond donors (Lipinski definition) is 4. The number of carbonyl (C=O) groups is 2. The van der Waals surface area contributed by atoms with Gasteiger partial charge in [-0.1, -0.05) is 33.5 Å². The lowest BCUT2D eigenvalue weighted by atomic mass is 10.1. The Morgan fingerprint density at radius 2 is 1.14 bits per heavy atom. The maximum absolute atomic E-state index is 11.1. The molecule has 58 heavy (non-hydrogen) atoms. The lowest BCUT2D eigenvalue weighted by Gasteiger charge is -2.11. The second-order valence-corrected chi connectivity index (χ2v) is 14.6. The smallest absolute Gasteiger partial charge is 0.352 e. The topological polar surface area (TPSA) is 202 Å². The maximum Gasteiger partial charge on any atom is 0.352 e. The number of ether oxygens (including phenoxy) is 2. The molecular formula is C42H36Cl2N6O8. The van der Waals surface area contributed by atoms with Gasteiger partial charge in [0, 0.05) is 49.8 Å². The first-order valence-electron chi connectivity index (χ1n) is 18.1. The van der Waals surface area contributed by atoms with Crippen molar-refractivity contribution in [2.45, 2.75) is 52.7 Å². The number of nitrogens with one attached hydrogen (secondary N) is 2. The van der Waals surface area contributed by atoms with Crippen LogP contribution in [-0.2, 0) is 11.2 Å². The highest BCUT2D eigenvalue weighted by Crippen LogP contribution is 2.34. The fourth-order valence-corrected chi connectivity index (χ4v) is 6.43. The van der Waals surface area contributed by atoms with Gasteiger partial charge in [-0.3, -0.25) is 4.79 Å². The van der Waals surface area contributed by atoms with Crippen molar-refractivity contribution < 1.29 is 38.3 Å². The number of carboxylic acid groups (broad SMARTS) is 2. The predicted molar refractivity (Wildman–Crippen MR) is 219 cm³/mol. The van der Waals surface area contributed by atoms with Crippen LogP contribution in [0.3, 0.4) is 0 Å². The largest absolute Gasteiger partial charge is 0.489 e. The number of carboxylic acids is 2. The van der Waals surface area contributed by atoms with E-state index < -0.39 is 11.9 Å². The summed E-state index contributed by atoms with van der Waals surface area (Å²) in [4.78, 5) is 36.9. The Morgan fingerprint density at radius 3 is 1.60 bits per heavy atom. The fraction of sp³-hybridized carbons (Fsp3) is 0.190. The first-order chi connectivity index (χ1) is 27.8. The van der Waals surface area contributed by atoms with Crippen LogP contribution in [0.5, 0.6) is 11.5 Å². The van der Waals surface area contributed by atoms with Gasteiger partial charge in [-0.2, -0.15) is 9.97 Å². The molecule has 296 valence electrons. The van der Waals surface area contributed by atoms with Crippen molar-refractivity contribution in [1.29, 1.82) is 0 Å². The van der Waals surface area contributed by atoms with E-state index in [1.807, 2.05) is 58.0 Å². The molecule has 0 atom stereocenters. The highest BCUT2D eigenvalue weighted by Gasteiger charge is 2.17. The molecule has 0 aliphatic heterocycles. The number of H-pyrrole nitrogens is 2. The Hall–Kier alpha value is -6.64. The Labute approximate surface area is 340 Å². The van der Waals surface area contributed by atoms with Crippen molar-refractivity contribution in [3.05, 3.63) is 106 Å². The number of nitrogens with zero attached hydrogens (tertiary/aromatic N) is 4. The van der Waals surface area contributed by atoms with Crippen LogP contribution in [0.1, 0.15) is 50.3 Å². The molecule has 4 aromatic heterocycles. The molecule has 0 spiro atoms. The molecule has 14 nitrogen and oxygen atoms in total. The number of aryl methyl sites for hydroxylation is 1. The van der Waals surface area contributed by atoms with E-state index >= 15 is 0 Å². The van der Waals surface area contributed by atoms with Crippen LogP contribution in [0.4, 0.5) is 0 Å². The number of aromatic amines is 2. The molecule has 0 bridgehead atoms. The molecule has 16 heteroatoms. The second-order valence-electron chi connectivity index (χ2n) is 13.8. The normalized spacial score (nSPS) is 11.3. The number of halogens is 2. The van der Waals surface area contributed by atoms with Crippen molar-refractivity contribution in [3.8, 4) is 57.2 Å². The van der Waals surface area contributed by atoms with Gasteiger partial charge in [0.05, 0.1) is 28.7 Å². The molecule has 0 unspecified atom stereocenters. The lowest BCUT2D eigenvalue weighted by Crippen LogP contribution is -2.05. The number of aliphatic carboxylic acids is 1. The van der Waals surface area contributed by atoms with E-state index in [1.165, 1.54) is 0 Å². The zero-order valence-electron chi connectivity index (χ0n) is 31.5. The van der Waals surface area contributed by atoms with E-state index in [1.54, 1.807) is 54.6 Å². The summed E-state index contributed by atoms with van der Waals surface area (Å²) in [5, 5.41) is 28.7. The van der Waals surface area contributed by atoms with Crippen LogP contribution in [0.15, 0.2) is 94.0 Å². The molecule has 8 aromatic rings. The Kier molecular flexibility index (Phi) is 11.5. The monoisotopic (exact) mass is 822 g/mol. The van der Waals surface area contributed by atoms with Crippen molar-refractivity contribution in [1.82, 2.24) is 30.2 Å². The summed E-state index contributed by atoms with van der Waals surface area (Å²) in [6, 6.07) is 25.3. The lowest BCUT2D eigenvalue weighted by molar-refractivity contribution is -0.137. The van der Waals surface area contributed by atoms with Gasteiger partial charge < -0.3 is 38.7 Å². The Morgan fingerprint density at radius 1 is 0.655 bits per heavy atom. The SMILES string of the molecule is CC(C)Oc1ccc(-c2nc(-c3ccc4[nH]c(C(=O)O)cc4c3)no2)cc1Cl.CC(C)Oc1ccc(-c2nc(-c3ccc4[nH]c(CCC(=O)O)cc4c3)no2)cc1Cl. The molecule has 0 fully saturated rings. The van der Waals surface area contributed by atoms with E-state index in [0.717, 1.165) is 33.1 Å². The van der Waals surface area contributed by atoms with E-state index in [2.05, 4.69) is 30.2 Å². The van der Waals surface area contributed by atoms with E-state index in [-0.39, 0.29) is 24.3 Å². The molecule has 8 rings (SSSR count). The molecule has 4 heterocycles. The summed E-state index contributed by atoms with van der Waals surface area (Å²) in [6.07, 6.45) is 0.570. The summed E-state index contributed by atoms with van der Waals surface area (Å²) < 4.78 is 22.1. The van der Waals surface area contributed by atoms with Crippen molar-refractivity contribution in [3.63, 3.8) is 0 Å². The second kappa shape index (κ2) is 16.8. The fourth-order valence-electron chi connectivity index (χ4n) is 5.98. The summed E-state index contributed by atoms with van der Waals surface area (Å²) in [7, 11) is 0. The van der Waals surface area contributed by atoms with E-state index in [0.29, 0.717) is 68.1 Å². The van der Waals surface area contributed by atoms with Gasteiger partial charge in [0.1, 0.15) is 17.2 Å². The minimum Gasteiger partial charge on any atom is -0.489 e. The average Bonchev–Trinajstić information content (AvgIpc) is 4.01. The van der Waals surface area contributed by atoms with Gasteiger partial charge >= 0.3 is 11.9 Å². The van der Waals surface area contributed by atoms with E-state index in [9.17, 15) is 9.59 Å². The summed E-state index contributed by atoms with van der Waals surface area (Å²) in [6.45, 7) is 7.72. The van der Waals surface area contributed by atoms with Gasteiger partial charge in [-0.15, -0.1) is 0 Å². The van der Waals surface area contributed by atoms with Crippen LogP contribution >= 0.6 is 23.2 Å². The van der Waals surface area contributed by atoms with Crippen molar-refractivity contribution >= 4 is 56.9 Å². The van der Waals surface area contributed by atoms with Gasteiger partial charge in [0.25, 0.3) is 11.8 Å². The average molecular weight is 824 g/mol. The van der Waals surface area contributed by atoms with Gasteiger partial charge in [0.2, 0.25) is 11.6 Å². The molecule has 0 saturated carbocycles. The van der Waals surface area contributed by atoms with Crippen LogP contribution in [-0.4, -0.2) is 64.6 Å². The zero-order chi connectivity index (χ0) is 41.1. The van der Waals surface area contributed by atoms with Gasteiger partial charge in [-0.25, -0.2) is 4.79 Å². The maximum atomic E-state index is 11.1. The minimum atomic E-state index is -1.01. The molecule has 4 aromatic carbocycles. The molecular weight excluding hydrogens is 787 g/mol. The molecule has 0 aliphatic rings. The van der Waals surface area contributed by atoms with Crippen LogP contribution < -0.4 is 9.47 Å². The van der Waals surface area contributed by atoms with Crippen molar-refractivity contribution in [2.24, 2.45) is 0 Å². The number of hydrogen-bond acceptors (Lipinski definition) is 10. The third-order valence-electron chi connectivity index (χ3n) is 8.59. The number of fused-ring (bicyclic) bond motifs is 2. The quantitative estimate of drug-likeness (QED) is 0.0909. The first kappa shape index (κ1) is 39.6. The summed E-state index contributed by atoms with van der Waals surface area (Å²) in [5.41, 5.74) is 5.53. The predicted octanol–water partition coefficient (Wildman–Crippen LogP) is 10.4. The van der Waals surface area contributed by atoms with Crippen LogP contribution in [0.25, 0.3) is 67.5 Å². The molecule has 4 N–H and O–H groups in total. The molecule has 0 amide bonds. The van der Waals surface area contributed by atoms with Gasteiger partial charge in [-0.05, 0) is 119 Å². The standard InChI is InChI=1S/C22H20ClN3O4.C20H16ClN3O4/c1-12(2)29-19-7-4-14(11-17(19)23)22-25-21(26-30-22)13-3-6-18-15(9-13)10-16(24-18)5-8-20(27)28;1-10(2)27-17-6-4-12(8-14(17)21)19-23-18(24-28-19)11-3-5-15-13(7-11)9-16(22-15)20(25)26/h3-4,6-7,9-12,24H,5,8H2,1-2H3,(H,27,28);3-10,22H,1-2H3,(H,25,26). The number of aromatic nitrogens is 6. The number of benzene rings is 4.